The minimum absolute atomic E-state index is 0.375. The van der Waals surface area contributed by atoms with Gasteiger partial charge in [0.15, 0.2) is 0 Å². The van der Waals surface area contributed by atoms with Crippen LogP contribution in [0.1, 0.15) is 11.3 Å². The molecule has 0 atom stereocenters. The van der Waals surface area contributed by atoms with Gasteiger partial charge in [-0.25, -0.2) is 0 Å². The SMILES string of the molecule is Clc1ccc2ccc(COc3cccc(CP(Br)(c4ccccc4)(c4ccccc4)c4ccccc4)c3)nc2c1. The summed E-state index contributed by atoms with van der Waals surface area (Å²) < 4.78 is 6.28. The van der Waals surface area contributed by atoms with E-state index in [0.717, 1.165) is 28.5 Å². The van der Waals surface area contributed by atoms with Gasteiger partial charge in [-0.05, 0) is 0 Å². The van der Waals surface area contributed by atoms with Crippen LogP contribution in [-0.4, -0.2) is 4.98 Å². The molecule has 1 aromatic heterocycles. The van der Waals surface area contributed by atoms with Crippen molar-refractivity contribution in [2.75, 3.05) is 0 Å². The number of halogens is 2. The molecule has 0 aliphatic heterocycles. The number of aromatic nitrogens is 1. The minimum atomic E-state index is -3.10. The molecule has 6 aromatic rings. The van der Waals surface area contributed by atoms with E-state index < -0.39 is 5.31 Å². The van der Waals surface area contributed by atoms with Crippen molar-refractivity contribution in [1.82, 2.24) is 4.98 Å². The fourth-order valence-electron chi connectivity index (χ4n) is 5.38. The number of ether oxygens (including phenoxy) is 1. The van der Waals surface area contributed by atoms with E-state index in [0.29, 0.717) is 11.6 Å². The van der Waals surface area contributed by atoms with E-state index in [1.807, 2.05) is 30.3 Å². The molecule has 0 amide bonds. The third-order valence-corrected chi connectivity index (χ3v) is 17.1. The summed E-state index contributed by atoms with van der Waals surface area (Å²) in [6.07, 6.45) is 0.799. The van der Waals surface area contributed by atoms with Crippen molar-refractivity contribution >= 4 is 59.2 Å². The molecule has 0 bridgehead atoms. The van der Waals surface area contributed by atoms with Gasteiger partial charge >= 0.3 is 249 Å². The van der Waals surface area contributed by atoms with E-state index in [1.165, 1.54) is 21.5 Å². The summed E-state index contributed by atoms with van der Waals surface area (Å²) in [6.45, 7) is 0.375. The van der Waals surface area contributed by atoms with Crippen LogP contribution in [0.4, 0.5) is 0 Å². The van der Waals surface area contributed by atoms with Crippen LogP contribution >= 0.6 is 32.4 Å². The van der Waals surface area contributed by atoms with Crippen molar-refractivity contribution in [2.45, 2.75) is 12.8 Å². The van der Waals surface area contributed by atoms with E-state index in [9.17, 15) is 0 Å². The quantitative estimate of drug-likeness (QED) is 0.158. The van der Waals surface area contributed by atoms with Gasteiger partial charge in [0, 0.05) is 0 Å². The molecule has 0 aliphatic rings. The Kier molecular flexibility index (Phi) is 7.47. The van der Waals surface area contributed by atoms with Gasteiger partial charge in [0.2, 0.25) is 0 Å². The molecule has 0 saturated heterocycles. The Morgan fingerprint density at radius 1 is 0.625 bits per heavy atom. The summed E-state index contributed by atoms with van der Waals surface area (Å²) in [5.41, 5.74) is 2.92. The molecule has 2 nitrogen and oxygen atoms in total. The van der Waals surface area contributed by atoms with Crippen LogP contribution < -0.4 is 20.7 Å². The summed E-state index contributed by atoms with van der Waals surface area (Å²) >= 11 is 10.7. The Morgan fingerprint density at radius 3 is 1.80 bits per heavy atom. The van der Waals surface area contributed by atoms with Crippen molar-refractivity contribution in [3.63, 3.8) is 0 Å². The zero-order valence-electron chi connectivity index (χ0n) is 21.8. The summed E-state index contributed by atoms with van der Waals surface area (Å²) in [7, 11) is 0. The zero-order chi connectivity index (χ0) is 27.4. The van der Waals surface area contributed by atoms with Gasteiger partial charge in [-0.1, -0.05) is 0 Å². The summed E-state index contributed by atoms with van der Waals surface area (Å²) in [5, 5.41) is 2.50. The number of pyridine rings is 1. The molecule has 5 heteroatoms. The van der Waals surface area contributed by atoms with Gasteiger partial charge in [0.25, 0.3) is 0 Å². The topological polar surface area (TPSA) is 22.1 Å². The first-order valence-corrected chi connectivity index (χ1v) is 18.0. The number of hydrogen-bond donors (Lipinski definition) is 0. The van der Waals surface area contributed by atoms with Crippen LogP contribution in [0.3, 0.4) is 0 Å². The van der Waals surface area contributed by atoms with Gasteiger partial charge in [0.1, 0.15) is 0 Å². The predicted molar refractivity (Wildman–Crippen MR) is 175 cm³/mol. The van der Waals surface area contributed by atoms with E-state index in [1.54, 1.807) is 0 Å². The monoisotopic (exact) mass is 623 g/mol. The molecule has 0 spiro atoms. The second-order valence-corrected chi connectivity index (χ2v) is 19.3. The van der Waals surface area contributed by atoms with E-state index in [4.69, 9.17) is 21.3 Å². The molecule has 1 heterocycles. The predicted octanol–water partition coefficient (Wildman–Crippen LogP) is 8.81. The van der Waals surface area contributed by atoms with Gasteiger partial charge in [0.05, 0.1) is 0 Å². The van der Waals surface area contributed by atoms with Crippen LogP contribution in [0.2, 0.25) is 5.02 Å². The van der Waals surface area contributed by atoms with Crippen molar-refractivity contribution in [1.29, 1.82) is 0 Å². The van der Waals surface area contributed by atoms with E-state index in [-0.39, 0.29) is 0 Å². The molecule has 0 unspecified atom stereocenters. The molecule has 0 saturated carbocycles. The normalized spacial score (nSPS) is 12.5. The first kappa shape index (κ1) is 26.7. The molecule has 0 fully saturated rings. The number of rotatable bonds is 8. The standard InChI is InChI=1S/C35H28BrClNOP/c36-40(32-13-4-1-5-14-32,33-15-6-2-7-16-33,34-17-8-3-9-18-34)26-27-11-10-12-31(23-27)39-25-30-22-20-28-19-21-29(37)24-35(28)38-30/h1-24H,25-26H2. The maximum absolute atomic E-state index is 6.28. The van der Waals surface area contributed by atoms with Gasteiger partial charge in [-0.15, -0.1) is 0 Å². The van der Waals surface area contributed by atoms with Crippen LogP contribution in [0.5, 0.6) is 5.75 Å². The van der Waals surface area contributed by atoms with E-state index >= 15 is 0 Å². The fourth-order valence-corrected chi connectivity index (χ4v) is 13.3. The van der Waals surface area contributed by atoms with Crippen molar-refractivity contribution in [3.05, 3.63) is 162 Å². The number of nitrogens with zero attached hydrogens (tertiary/aromatic N) is 1. The Labute approximate surface area is 248 Å². The molecule has 198 valence electrons. The second kappa shape index (κ2) is 11.2. The average molecular weight is 625 g/mol. The number of benzene rings is 5. The molecule has 0 radical (unpaired) electrons. The Hall–Kier alpha value is -3.49. The van der Waals surface area contributed by atoms with E-state index in [2.05, 4.69) is 131 Å². The third-order valence-electron chi connectivity index (χ3n) is 7.36. The Morgan fingerprint density at radius 2 is 1.20 bits per heavy atom. The van der Waals surface area contributed by atoms with Gasteiger partial charge < -0.3 is 0 Å². The molecular weight excluding hydrogens is 597 g/mol. The molecule has 0 aliphatic carbocycles. The first-order valence-electron chi connectivity index (χ1n) is 13.2. The second-order valence-electron chi connectivity index (χ2n) is 9.92. The summed E-state index contributed by atoms with van der Waals surface area (Å²) in [5.74, 6) is 0.817. The van der Waals surface area contributed by atoms with Gasteiger partial charge in [-0.2, -0.15) is 0 Å². The van der Waals surface area contributed by atoms with Crippen molar-refractivity contribution in [3.8, 4) is 5.75 Å². The molecule has 0 N–H and O–H groups in total. The third kappa shape index (κ3) is 5.06. The van der Waals surface area contributed by atoms with Crippen LogP contribution in [-0.2, 0) is 12.8 Å². The Bertz CT molecular complexity index is 1660. The maximum atomic E-state index is 6.28. The average Bonchev–Trinajstić information content (AvgIpc) is 3.01. The zero-order valence-corrected chi connectivity index (χ0v) is 25.1. The molecular formula is C35H28BrClNOP. The summed E-state index contributed by atoms with van der Waals surface area (Å²) in [4.78, 5) is 4.75. The van der Waals surface area contributed by atoms with Crippen molar-refractivity contribution < 1.29 is 4.74 Å². The number of hydrogen-bond acceptors (Lipinski definition) is 2. The fraction of sp³-hybridized carbons (Fsp3) is 0.0571. The first-order chi connectivity index (χ1) is 19.5. The van der Waals surface area contributed by atoms with Crippen LogP contribution in [0, 0.1) is 0 Å². The molecule has 5 aromatic carbocycles. The van der Waals surface area contributed by atoms with Gasteiger partial charge in [-0.3, -0.25) is 0 Å². The van der Waals surface area contributed by atoms with Crippen LogP contribution in [0.15, 0.2) is 146 Å². The Balaban J connectivity index is 1.39. The molecule has 6 rings (SSSR count). The van der Waals surface area contributed by atoms with Crippen molar-refractivity contribution in [2.24, 2.45) is 0 Å². The molecule has 40 heavy (non-hydrogen) atoms. The summed E-state index contributed by atoms with van der Waals surface area (Å²) in [6, 6.07) is 50.8. The number of fused-ring (bicyclic) bond motifs is 1. The van der Waals surface area contributed by atoms with Crippen LogP contribution in [0.25, 0.3) is 10.9 Å².